The van der Waals surface area contributed by atoms with Gasteiger partial charge in [0.1, 0.15) is 0 Å². The van der Waals surface area contributed by atoms with Crippen molar-refractivity contribution >= 4 is 18.0 Å². The Hall–Kier alpha value is -2.26. The number of hydrogen-bond acceptors (Lipinski definition) is 1. The van der Waals surface area contributed by atoms with E-state index >= 15 is 0 Å². The van der Waals surface area contributed by atoms with Gasteiger partial charge in [0, 0.05) is 23.0 Å². The summed E-state index contributed by atoms with van der Waals surface area (Å²) < 4.78 is 0. The summed E-state index contributed by atoms with van der Waals surface area (Å²) in [6.07, 6.45) is 0.668. The summed E-state index contributed by atoms with van der Waals surface area (Å²) in [6.45, 7) is 4.63. The lowest BCUT2D eigenvalue weighted by Gasteiger charge is -1.98. The van der Waals surface area contributed by atoms with E-state index in [0.29, 0.717) is 18.0 Å². The van der Waals surface area contributed by atoms with E-state index in [-0.39, 0.29) is 0 Å². The number of aryl methyl sites for hydroxylation is 2. The van der Waals surface area contributed by atoms with Gasteiger partial charge in [0.15, 0.2) is 0 Å². The number of amides is 1. The highest BCUT2D eigenvalue weighted by Crippen LogP contribution is 2.09. The van der Waals surface area contributed by atoms with Crippen LogP contribution >= 0.6 is 11.6 Å². The van der Waals surface area contributed by atoms with Gasteiger partial charge in [0.2, 0.25) is 6.41 Å². The zero-order valence-electron chi connectivity index (χ0n) is 12.8. The fourth-order valence-corrected chi connectivity index (χ4v) is 1.94. The molecule has 4 heteroatoms. The number of H-pyrrole nitrogens is 1. The van der Waals surface area contributed by atoms with Crippen LogP contribution in [0, 0.1) is 13.8 Å². The highest BCUT2D eigenvalue weighted by Gasteiger charge is 1.91. The van der Waals surface area contributed by atoms with Crippen molar-refractivity contribution < 1.29 is 4.79 Å². The Morgan fingerprint density at radius 1 is 1.00 bits per heavy atom. The molecule has 2 aromatic rings. The van der Waals surface area contributed by atoms with Crippen LogP contribution in [0.4, 0.5) is 0 Å². The summed E-state index contributed by atoms with van der Waals surface area (Å²) >= 11 is 5.71. The fraction of sp³-hybridized carbons (Fsp3) is 0.167. The lowest BCUT2D eigenvalue weighted by atomic mass is 10.2. The molecule has 1 amide bonds. The van der Waals surface area contributed by atoms with E-state index in [1.165, 1.54) is 11.4 Å². The van der Waals surface area contributed by atoms with E-state index in [0.717, 1.165) is 5.56 Å². The Labute approximate surface area is 136 Å². The van der Waals surface area contributed by atoms with Gasteiger partial charge < -0.3 is 10.3 Å². The molecule has 0 spiro atoms. The van der Waals surface area contributed by atoms with Crippen LogP contribution in [0.3, 0.4) is 0 Å². The van der Waals surface area contributed by atoms with Gasteiger partial charge in [0.05, 0.1) is 0 Å². The quantitative estimate of drug-likeness (QED) is 0.813. The predicted octanol–water partition coefficient (Wildman–Crippen LogP) is 4.34. The minimum Gasteiger partial charge on any atom is -0.363 e. The van der Waals surface area contributed by atoms with E-state index in [1.807, 2.05) is 68.4 Å². The molecule has 0 aliphatic heterocycles. The summed E-state index contributed by atoms with van der Waals surface area (Å²) in [5, 5.41) is 3.24. The second-order valence-corrected chi connectivity index (χ2v) is 5.16. The lowest BCUT2D eigenvalue weighted by molar-refractivity contribution is -0.109. The summed E-state index contributed by atoms with van der Waals surface area (Å²) in [7, 11) is 0. The number of aromatic nitrogens is 1. The molecule has 0 saturated heterocycles. The highest BCUT2D eigenvalue weighted by atomic mass is 35.5. The number of nitrogens with one attached hydrogen (secondary N) is 2. The monoisotopic (exact) mass is 316 g/mol. The molecule has 0 aliphatic carbocycles. The number of halogens is 1. The molecule has 0 bridgehead atoms. The van der Waals surface area contributed by atoms with Gasteiger partial charge in [-0.25, -0.2) is 0 Å². The SMILES string of the molecule is Cc1ccccccc(C)[nH]1.O=CNCc1cccc(Cl)c1. The third-order valence-electron chi connectivity index (χ3n) is 2.70. The van der Waals surface area contributed by atoms with Gasteiger partial charge in [-0.05, 0) is 43.7 Å². The average Bonchev–Trinajstić information content (AvgIpc) is 2.57. The number of carbonyl (C=O) groups excluding carboxylic acids is 1. The third-order valence-corrected chi connectivity index (χ3v) is 2.93. The molecule has 0 aliphatic rings. The average molecular weight is 317 g/mol. The maximum atomic E-state index is 9.92. The molecule has 1 aromatic heterocycles. The molecule has 1 heterocycles. The third kappa shape index (κ3) is 8.12. The molecule has 0 unspecified atom stereocenters. The van der Waals surface area contributed by atoms with Gasteiger partial charge >= 0.3 is 0 Å². The number of carbonyl (C=O) groups is 1. The van der Waals surface area contributed by atoms with Crippen LogP contribution in [-0.4, -0.2) is 11.4 Å². The lowest BCUT2D eigenvalue weighted by Crippen LogP contribution is -2.09. The molecule has 0 saturated carbocycles. The van der Waals surface area contributed by atoms with Crippen molar-refractivity contribution in [3.05, 3.63) is 82.6 Å². The maximum Gasteiger partial charge on any atom is 0.207 e. The standard InChI is InChI=1S/C10H13N.C8H8ClNO/c1-9-7-5-3-4-6-8-10(2)11-9;9-8-3-1-2-7(4-8)5-10-6-11/h3-8,11H,1-2H3;1-4,6H,5H2,(H,10,11). The molecule has 2 N–H and O–H groups in total. The van der Waals surface area contributed by atoms with E-state index in [2.05, 4.69) is 10.3 Å². The first kappa shape index (κ1) is 17.8. The predicted molar refractivity (Wildman–Crippen MR) is 92.3 cm³/mol. The van der Waals surface area contributed by atoms with Gasteiger partial charge in [-0.2, -0.15) is 0 Å². The molecule has 0 radical (unpaired) electrons. The van der Waals surface area contributed by atoms with Crippen LogP contribution in [0.5, 0.6) is 0 Å². The Morgan fingerprint density at radius 2 is 1.64 bits per heavy atom. The van der Waals surface area contributed by atoms with Crippen molar-refractivity contribution in [2.75, 3.05) is 0 Å². The molecule has 3 nitrogen and oxygen atoms in total. The first-order valence-corrected chi connectivity index (χ1v) is 7.36. The first-order chi connectivity index (χ1) is 10.6. The summed E-state index contributed by atoms with van der Waals surface area (Å²) in [4.78, 5) is 13.2. The van der Waals surface area contributed by atoms with Crippen molar-refractivity contribution in [3.63, 3.8) is 0 Å². The first-order valence-electron chi connectivity index (χ1n) is 6.99. The van der Waals surface area contributed by atoms with Crippen molar-refractivity contribution in [3.8, 4) is 0 Å². The molecule has 0 atom stereocenters. The van der Waals surface area contributed by atoms with Gasteiger partial charge in [-0.15, -0.1) is 0 Å². The van der Waals surface area contributed by atoms with Crippen LogP contribution in [0.2, 0.25) is 5.02 Å². The number of benzene rings is 1. The van der Waals surface area contributed by atoms with Gasteiger partial charge in [-0.1, -0.05) is 48.0 Å². The molecule has 116 valence electrons. The summed E-state index contributed by atoms with van der Waals surface area (Å²) in [5.41, 5.74) is 3.34. The minimum absolute atomic E-state index is 0.532. The normalized spacial score (nSPS) is 9.05. The zero-order chi connectivity index (χ0) is 16.2. The Morgan fingerprint density at radius 3 is 2.18 bits per heavy atom. The fourth-order valence-electron chi connectivity index (χ4n) is 1.73. The maximum absolute atomic E-state index is 9.92. The van der Waals surface area contributed by atoms with E-state index in [4.69, 9.17) is 11.6 Å². The smallest absolute Gasteiger partial charge is 0.207 e. The summed E-state index contributed by atoms with van der Waals surface area (Å²) in [6, 6.07) is 19.5. The van der Waals surface area contributed by atoms with Gasteiger partial charge in [0.25, 0.3) is 0 Å². The molecular formula is C18H21ClN2O. The zero-order valence-corrected chi connectivity index (χ0v) is 13.6. The molecular weight excluding hydrogens is 296 g/mol. The van der Waals surface area contributed by atoms with Crippen LogP contribution in [0.25, 0.3) is 0 Å². The van der Waals surface area contributed by atoms with Crippen molar-refractivity contribution in [1.29, 1.82) is 0 Å². The van der Waals surface area contributed by atoms with Crippen molar-refractivity contribution in [1.82, 2.24) is 10.3 Å². The molecule has 2 rings (SSSR count). The highest BCUT2D eigenvalue weighted by molar-refractivity contribution is 6.30. The summed E-state index contributed by atoms with van der Waals surface area (Å²) in [5.74, 6) is 0. The number of hydrogen-bond donors (Lipinski definition) is 2. The van der Waals surface area contributed by atoms with Crippen LogP contribution in [0.1, 0.15) is 17.0 Å². The van der Waals surface area contributed by atoms with Crippen LogP contribution in [0.15, 0.2) is 60.7 Å². The number of rotatable bonds is 3. The van der Waals surface area contributed by atoms with Gasteiger partial charge in [-0.3, -0.25) is 4.79 Å². The van der Waals surface area contributed by atoms with Crippen LogP contribution in [-0.2, 0) is 11.3 Å². The number of aromatic amines is 1. The van der Waals surface area contributed by atoms with Crippen molar-refractivity contribution in [2.24, 2.45) is 0 Å². The topological polar surface area (TPSA) is 44.9 Å². The van der Waals surface area contributed by atoms with E-state index in [9.17, 15) is 4.79 Å². The Balaban J connectivity index is 0.000000220. The van der Waals surface area contributed by atoms with Crippen molar-refractivity contribution in [2.45, 2.75) is 20.4 Å². The second kappa shape index (κ2) is 10.5. The molecule has 0 fully saturated rings. The second-order valence-electron chi connectivity index (χ2n) is 4.72. The largest absolute Gasteiger partial charge is 0.363 e. The molecule has 22 heavy (non-hydrogen) atoms. The Kier molecular flexibility index (Phi) is 8.46. The van der Waals surface area contributed by atoms with E-state index in [1.54, 1.807) is 6.07 Å². The van der Waals surface area contributed by atoms with E-state index < -0.39 is 0 Å². The Bertz CT molecular complexity index is 609. The van der Waals surface area contributed by atoms with Crippen LogP contribution < -0.4 is 5.32 Å². The molecule has 1 aromatic carbocycles. The minimum atomic E-state index is 0.532.